The number of rotatable bonds is 4. The molecule has 0 amide bonds. The zero-order valence-corrected chi connectivity index (χ0v) is 15.1. The van der Waals surface area contributed by atoms with E-state index in [1.807, 2.05) is 0 Å². The second-order valence-electron chi connectivity index (χ2n) is 6.60. The highest BCUT2D eigenvalue weighted by Crippen LogP contribution is 2.37. The van der Waals surface area contributed by atoms with Crippen LogP contribution in [0, 0.1) is 20.8 Å². The van der Waals surface area contributed by atoms with Crippen molar-refractivity contribution in [2.75, 3.05) is 0 Å². The van der Waals surface area contributed by atoms with Gasteiger partial charge in [0.1, 0.15) is 0 Å². The average molecular weight is 315 g/mol. The molecule has 0 fully saturated rings. The lowest BCUT2D eigenvalue weighted by molar-refractivity contribution is 0.913. The molecule has 1 heteroatoms. The Labute approximate surface area is 145 Å². The normalized spacial score (nSPS) is 10.8. The maximum absolute atomic E-state index is 4.70. The molecule has 24 heavy (non-hydrogen) atoms. The molecule has 1 nitrogen and oxygen atoms in total. The third-order valence-electron chi connectivity index (χ3n) is 4.55. The zero-order valence-electron chi connectivity index (χ0n) is 15.1. The minimum absolute atomic E-state index is 1.05. The average Bonchev–Trinajstić information content (AvgIpc) is 2.58. The molecule has 0 radical (unpaired) electrons. The molecular weight excluding hydrogens is 290 g/mol. The maximum atomic E-state index is 4.70. The highest BCUT2D eigenvalue weighted by molar-refractivity contribution is 5.87. The highest BCUT2D eigenvalue weighted by atomic mass is 14.7. The van der Waals surface area contributed by atoms with E-state index in [0.29, 0.717) is 0 Å². The van der Waals surface area contributed by atoms with Crippen molar-refractivity contribution in [3.8, 4) is 22.3 Å². The second kappa shape index (κ2) is 7.00. The number of aryl methyl sites for hydroxylation is 4. The third kappa shape index (κ3) is 3.26. The molecule has 0 aliphatic carbocycles. The first kappa shape index (κ1) is 16.4. The number of benzene rings is 2. The number of hydrogen-bond donors (Lipinski definition) is 0. The lowest BCUT2D eigenvalue weighted by Gasteiger charge is -2.18. The van der Waals surface area contributed by atoms with E-state index >= 15 is 0 Å². The Hall–Kier alpha value is -2.41. The maximum Gasteiger partial charge on any atom is 0.0457 e. The summed E-state index contributed by atoms with van der Waals surface area (Å²) in [7, 11) is 0. The molecule has 0 unspecified atom stereocenters. The van der Waals surface area contributed by atoms with Gasteiger partial charge in [0.05, 0.1) is 0 Å². The van der Waals surface area contributed by atoms with Crippen molar-refractivity contribution in [3.63, 3.8) is 0 Å². The highest BCUT2D eigenvalue weighted by Gasteiger charge is 2.15. The molecule has 2 aromatic carbocycles. The Kier molecular flexibility index (Phi) is 4.80. The summed E-state index contributed by atoms with van der Waals surface area (Å²) < 4.78 is 0. The molecule has 122 valence electrons. The fourth-order valence-corrected chi connectivity index (χ4v) is 3.23. The van der Waals surface area contributed by atoms with Crippen LogP contribution in [0.1, 0.15) is 35.7 Å². The van der Waals surface area contributed by atoms with E-state index in [-0.39, 0.29) is 0 Å². The molecule has 0 saturated heterocycles. The van der Waals surface area contributed by atoms with Crippen LogP contribution in [0.5, 0.6) is 0 Å². The van der Waals surface area contributed by atoms with Crippen molar-refractivity contribution in [3.05, 3.63) is 77.1 Å². The van der Waals surface area contributed by atoms with E-state index in [4.69, 9.17) is 4.98 Å². The summed E-state index contributed by atoms with van der Waals surface area (Å²) in [5, 5.41) is 0. The molecule has 3 rings (SSSR count). The first-order chi connectivity index (χ1) is 11.6. The van der Waals surface area contributed by atoms with Gasteiger partial charge in [-0.3, -0.25) is 4.98 Å². The summed E-state index contributed by atoms with van der Waals surface area (Å²) in [4.78, 5) is 4.70. The Bertz CT molecular complexity index is 827. The van der Waals surface area contributed by atoms with Gasteiger partial charge in [-0.1, -0.05) is 73.0 Å². The Morgan fingerprint density at radius 2 is 1.21 bits per heavy atom. The van der Waals surface area contributed by atoms with Gasteiger partial charge in [0.2, 0.25) is 0 Å². The molecular formula is C23H25N. The van der Waals surface area contributed by atoms with Crippen LogP contribution in [-0.4, -0.2) is 4.98 Å². The topological polar surface area (TPSA) is 12.9 Å². The van der Waals surface area contributed by atoms with Crippen molar-refractivity contribution in [2.45, 2.75) is 40.5 Å². The van der Waals surface area contributed by atoms with Crippen LogP contribution in [0.4, 0.5) is 0 Å². The Balaban J connectivity index is 2.28. The second-order valence-corrected chi connectivity index (χ2v) is 6.60. The molecule has 3 aromatic rings. The summed E-state index contributed by atoms with van der Waals surface area (Å²) in [6.07, 6.45) is 4.23. The van der Waals surface area contributed by atoms with Crippen LogP contribution in [0.15, 0.2) is 54.7 Å². The quantitative estimate of drug-likeness (QED) is 0.551. The van der Waals surface area contributed by atoms with Gasteiger partial charge in [-0.15, -0.1) is 0 Å². The number of pyridine rings is 1. The minimum atomic E-state index is 1.05. The Morgan fingerprint density at radius 1 is 0.708 bits per heavy atom. The first-order valence-corrected chi connectivity index (χ1v) is 8.72. The predicted molar refractivity (Wildman–Crippen MR) is 103 cm³/mol. The number of aromatic nitrogens is 1. The summed E-state index contributed by atoms with van der Waals surface area (Å²) >= 11 is 0. The van der Waals surface area contributed by atoms with Gasteiger partial charge in [0, 0.05) is 17.5 Å². The Morgan fingerprint density at radius 3 is 1.71 bits per heavy atom. The monoisotopic (exact) mass is 315 g/mol. The summed E-state index contributed by atoms with van der Waals surface area (Å²) in [6, 6.07) is 17.7. The van der Waals surface area contributed by atoms with Crippen molar-refractivity contribution in [2.24, 2.45) is 0 Å². The van der Waals surface area contributed by atoms with E-state index in [9.17, 15) is 0 Å². The molecule has 0 atom stereocenters. The van der Waals surface area contributed by atoms with Crippen LogP contribution >= 0.6 is 0 Å². The molecule has 0 aliphatic heterocycles. The third-order valence-corrected chi connectivity index (χ3v) is 4.55. The summed E-state index contributed by atoms with van der Waals surface area (Å²) in [5.74, 6) is 0. The van der Waals surface area contributed by atoms with E-state index < -0.39 is 0 Å². The number of nitrogens with zero attached hydrogens (tertiary/aromatic N) is 1. The van der Waals surface area contributed by atoms with Gasteiger partial charge in [-0.2, -0.15) is 0 Å². The van der Waals surface area contributed by atoms with Crippen LogP contribution < -0.4 is 0 Å². The predicted octanol–water partition coefficient (Wildman–Crippen LogP) is 6.29. The fraction of sp³-hybridized carbons (Fsp3) is 0.261. The largest absolute Gasteiger partial charge is 0.261 e. The van der Waals surface area contributed by atoms with E-state index in [1.54, 1.807) is 0 Å². The summed E-state index contributed by atoms with van der Waals surface area (Å²) in [6.45, 7) is 8.60. The van der Waals surface area contributed by atoms with Crippen LogP contribution in [-0.2, 0) is 6.42 Å². The minimum Gasteiger partial charge on any atom is -0.261 e. The van der Waals surface area contributed by atoms with Gasteiger partial charge in [-0.05, 0) is 49.4 Å². The van der Waals surface area contributed by atoms with Crippen LogP contribution in [0.3, 0.4) is 0 Å². The number of hydrogen-bond acceptors (Lipinski definition) is 1. The SMILES string of the molecule is CCCc1cnc(C)c(-c2ccc(C)cc2)c1-c1ccc(C)cc1. The van der Waals surface area contributed by atoms with Gasteiger partial charge in [0.25, 0.3) is 0 Å². The first-order valence-electron chi connectivity index (χ1n) is 8.72. The van der Waals surface area contributed by atoms with Crippen LogP contribution in [0.2, 0.25) is 0 Å². The molecule has 0 N–H and O–H groups in total. The lowest BCUT2D eigenvalue weighted by atomic mass is 9.88. The van der Waals surface area contributed by atoms with E-state index in [2.05, 4.69) is 82.4 Å². The van der Waals surface area contributed by atoms with Gasteiger partial charge in [-0.25, -0.2) is 0 Å². The van der Waals surface area contributed by atoms with Gasteiger partial charge < -0.3 is 0 Å². The molecule has 1 aromatic heterocycles. The van der Waals surface area contributed by atoms with Gasteiger partial charge >= 0.3 is 0 Å². The standard InChI is InChI=1S/C23H25N/c1-5-6-21-15-24-18(4)22(19-11-7-16(2)8-12-19)23(21)20-13-9-17(3)10-14-20/h7-15H,5-6H2,1-4H3. The van der Waals surface area contributed by atoms with Crippen LogP contribution in [0.25, 0.3) is 22.3 Å². The van der Waals surface area contributed by atoms with Crippen molar-refractivity contribution in [1.29, 1.82) is 0 Å². The zero-order chi connectivity index (χ0) is 17.1. The molecule has 1 heterocycles. The van der Waals surface area contributed by atoms with Crippen molar-refractivity contribution in [1.82, 2.24) is 4.98 Å². The van der Waals surface area contributed by atoms with Crippen molar-refractivity contribution < 1.29 is 0 Å². The lowest BCUT2D eigenvalue weighted by Crippen LogP contribution is -1.99. The fourth-order valence-electron chi connectivity index (χ4n) is 3.23. The van der Waals surface area contributed by atoms with E-state index in [1.165, 1.54) is 38.9 Å². The molecule has 0 bridgehead atoms. The smallest absolute Gasteiger partial charge is 0.0457 e. The summed E-state index contributed by atoms with van der Waals surface area (Å²) in [5.41, 5.74) is 10.1. The molecule has 0 saturated carbocycles. The molecule has 0 spiro atoms. The molecule has 0 aliphatic rings. The van der Waals surface area contributed by atoms with Gasteiger partial charge in [0.15, 0.2) is 0 Å². The van der Waals surface area contributed by atoms with E-state index in [0.717, 1.165) is 18.5 Å². The van der Waals surface area contributed by atoms with Crippen molar-refractivity contribution >= 4 is 0 Å².